The molecule has 0 fully saturated rings. The Balaban J connectivity index is 2.08. The van der Waals surface area contributed by atoms with Crippen LogP contribution in [-0.2, 0) is 0 Å². The number of benzene rings is 1. The number of nitrogens with two attached hydrogens (primary N) is 1. The summed E-state index contributed by atoms with van der Waals surface area (Å²) in [6, 6.07) is 9.96. The first-order valence-corrected chi connectivity index (χ1v) is 7.45. The van der Waals surface area contributed by atoms with Crippen molar-refractivity contribution in [1.29, 1.82) is 0 Å². The van der Waals surface area contributed by atoms with E-state index in [4.69, 9.17) is 5.73 Å². The average molecular weight is 276 g/mol. The molecule has 1 aromatic carbocycles. The molecule has 0 radical (unpaired) electrons. The van der Waals surface area contributed by atoms with Crippen LogP contribution in [0.2, 0.25) is 0 Å². The molecule has 0 unspecified atom stereocenters. The van der Waals surface area contributed by atoms with Crippen molar-refractivity contribution in [1.82, 2.24) is 5.32 Å². The summed E-state index contributed by atoms with van der Waals surface area (Å²) in [4.78, 5) is 12.9. The molecule has 0 spiro atoms. The summed E-state index contributed by atoms with van der Waals surface area (Å²) in [5.41, 5.74) is 5.89. The van der Waals surface area contributed by atoms with Crippen molar-refractivity contribution in [2.45, 2.75) is 32.2 Å². The summed E-state index contributed by atoms with van der Waals surface area (Å²) in [5, 5.41) is 4.06. The molecule has 4 heteroatoms. The Labute approximate surface area is 117 Å². The molecule has 0 bridgehead atoms. The molecule has 102 valence electrons. The maximum Gasteiger partial charge on any atom is 0.261 e. The third kappa shape index (κ3) is 3.14. The lowest BCUT2D eigenvalue weighted by Crippen LogP contribution is -2.49. The predicted molar refractivity (Wildman–Crippen MR) is 81.7 cm³/mol. The SMILES string of the molecule is CCC(N)(CC)CNC(=O)c1cc2ccccc2s1. The lowest BCUT2D eigenvalue weighted by Gasteiger charge is -2.26. The minimum Gasteiger partial charge on any atom is -0.349 e. The molecule has 1 amide bonds. The van der Waals surface area contributed by atoms with Crippen molar-refractivity contribution in [3.8, 4) is 0 Å². The molecule has 19 heavy (non-hydrogen) atoms. The van der Waals surface area contributed by atoms with Crippen molar-refractivity contribution < 1.29 is 4.79 Å². The molecular weight excluding hydrogens is 256 g/mol. The first kappa shape index (κ1) is 14.0. The predicted octanol–water partition coefficient (Wildman–Crippen LogP) is 3.15. The van der Waals surface area contributed by atoms with Gasteiger partial charge in [0.05, 0.1) is 4.88 Å². The molecule has 0 atom stereocenters. The molecule has 2 aromatic rings. The van der Waals surface area contributed by atoms with E-state index in [-0.39, 0.29) is 11.4 Å². The normalized spacial score (nSPS) is 11.7. The van der Waals surface area contributed by atoms with E-state index in [0.29, 0.717) is 6.54 Å². The lowest BCUT2D eigenvalue weighted by atomic mass is 9.94. The maximum atomic E-state index is 12.1. The number of thiophene rings is 1. The molecule has 3 nitrogen and oxygen atoms in total. The highest BCUT2D eigenvalue weighted by molar-refractivity contribution is 7.20. The van der Waals surface area contributed by atoms with Gasteiger partial charge < -0.3 is 11.1 Å². The van der Waals surface area contributed by atoms with Crippen LogP contribution in [0.15, 0.2) is 30.3 Å². The molecule has 1 heterocycles. The van der Waals surface area contributed by atoms with Crippen LogP contribution >= 0.6 is 11.3 Å². The zero-order valence-corrected chi connectivity index (χ0v) is 12.2. The lowest BCUT2D eigenvalue weighted by molar-refractivity contribution is 0.0946. The van der Waals surface area contributed by atoms with Crippen LogP contribution in [0.5, 0.6) is 0 Å². The van der Waals surface area contributed by atoms with Gasteiger partial charge in [0.1, 0.15) is 0 Å². The van der Waals surface area contributed by atoms with Gasteiger partial charge in [-0.2, -0.15) is 0 Å². The van der Waals surface area contributed by atoms with Crippen molar-refractivity contribution in [3.05, 3.63) is 35.2 Å². The standard InChI is InChI=1S/C15H20N2OS/c1-3-15(16,4-2)10-17-14(18)13-9-11-7-5-6-8-12(11)19-13/h5-9H,3-4,10,16H2,1-2H3,(H,17,18). The Morgan fingerprint density at radius 2 is 2.00 bits per heavy atom. The second-order valence-electron chi connectivity index (χ2n) is 4.90. The molecule has 2 rings (SSSR count). The molecule has 0 saturated heterocycles. The minimum absolute atomic E-state index is 0.0297. The van der Waals surface area contributed by atoms with Crippen LogP contribution < -0.4 is 11.1 Å². The van der Waals surface area contributed by atoms with Gasteiger partial charge in [0.25, 0.3) is 5.91 Å². The second-order valence-corrected chi connectivity index (χ2v) is 5.98. The van der Waals surface area contributed by atoms with E-state index >= 15 is 0 Å². The second kappa shape index (κ2) is 5.72. The number of carbonyl (C=O) groups excluding carboxylic acids is 1. The Morgan fingerprint density at radius 3 is 2.63 bits per heavy atom. The summed E-state index contributed by atoms with van der Waals surface area (Å²) in [6.45, 7) is 4.62. The van der Waals surface area contributed by atoms with Gasteiger partial charge in [-0.1, -0.05) is 32.0 Å². The highest BCUT2D eigenvalue weighted by Gasteiger charge is 2.21. The minimum atomic E-state index is -0.299. The van der Waals surface area contributed by atoms with Crippen LogP contribution in [0, 0.1) is 0 Å². The highest BCUT2D eigenvalue weighted by atomic mass is 32.1. The molecule has 0 aliphatic carbocycles. The van der Waals surface area contributed by atoms with Gasteiger partial charge in [-0.05, 0) is 30.4 Å². The smallest absolute Gasteiger partial charge is 0.261 e. The van der Waals surface area contributed by atoms with E-state index in [1.165, 1.54) is 11.3 Å². The first-order valence-electron chi connectivity index (χ1n) is 6.63. The van der Waals surface area contributed by atoms with Gasteiger partial charge in [-0.3, -0.25) is 4.79 Å². The maximum absolute atomic E-state index is 12.1. The fraction of sp³-hybridized carbons (Fsp3) is 0.400. The van der Waals surface area contributed by atoms with E-state index in [1.54, 1.807) is 0 Å². The molecule has 0 aliphatic heterocycles. The quantitative estimate of drug-likeness (QED) is 0.881. The average Bonchev–Trinajstić information content (AvgIpc) is 2.88. The first-order chi connectivity index (χ1) is 9.08. The Bertz CT molecular complexity index is 539. The van der Waals surface area contributed by atoms with Gasteiger partial charge in [0.15, 0.2) is 0 Å². The number of amides is 1. The summed E-state index contributed by atoms with van der Waals surface area (Å²) >= 11 is 1.52. The number of carbonyl (C=O) groups is 1. The van der Waals surface area contributed by atoms with E-state index in [0.717, 1.165) is 27.8 Å². The van der Waals surface area contributed by atoms with Crippen molar-refractivity contribution in [3.63, 3.8) is 0 Å². The largest absolute Gasteiger partial charge is 0.349 e. The van der Waals surface area contributed by atoms with Crippen molar-refractivity contribution in [2.75, 3.05) is 6.54 Å². The molecule has 0 saturated carbocycles. The van der Waals surface area contributed by atoms with Gasteiger partial charge >= 0.3 is 0 Å². The zero-order chi connectivity index (χ0) is 13.9. The Hall–Kier alpha value is -1.39. The van der Waals surface area contributed by atoms with Gasteiger partial charge in [0, 0.05) is 16.8 Å². The topological polar surface area (TPSA) is 55.1 Å². The van der Waals surface area contributed by atoms with Gasteiger partial charge in [0.2, 0.25) is 0 Å². The fourth-order valence-corrected chi connectivity index (χ4v) is 2.92. The van der Waals surface area contributed by atoms with E-state index < -0.39 is 0 Å². The van der Waals surface area contributed by atoms with Crippen LogP contribution in [-0.4, -0.2) is 18.0 Å². The van der Waals surface area contributed by atoms with E-state index in [1.807, 2.05) is 30.3 Å². The number of nitrogens with one attached hydrogen (secondary N) is 1. The molecule has 3 N–H and O–H groups in total. The van der Waals surface area contributed by atoms with E-state index in [9.17, 15) is 4.79 Å². The van der Waals surface area contributed by atoms with Gasteiger partial charge in [-0.15, -0.1) is 11.3 Å². The zero-order valence-electron chi connectivity index (χ0n) is 11.4. The number of hydrogen-bond donors (Lipinski definition) is 2. The van der Waals surface area contributed by atoms with Crippen LogP contribution in [0.1, 0.15) is 36.4 Å². The Kier molecular flexibility index (Phi) is 4.22. The van der Waals surface area contributed by atoms with Crippen molar-refractivity contribution in [2.24, 2.45) is 5.73 Å². The monoisotopic (exact) mass is 276 g/mol. The number of fused-ring (bicyclic) bond motifs is 1. The third-order valence-electron chi connectivity index (χ3n) is 3.66. The van der Waals surface area contributed by atoms with Gasteiger partial charge in [-0.25, -0.2) is 0 Å². The number of hydrogen-bond acceptors (Lipinski definition) is 3. The molecule has 0 aliphatic rings. The van der Waals surface area contributed by atoms with Crippen LogP contribution in [0.4, 0.5) is 0 Å². The fourth-order valence-electron chi connectivity index (χ4n) is 1.94. The molecule has 1 aromatic heterocycles. The highest BCUT2D eigenvalue weighted by Crippen LogP contribution is 2.25. The summed E-state index contributed by atoms with van der Waals surface area (Å²) < 4.78 is 1.14. The molecular formula is C15H20N2OS. The van der Waals surface area contributed by atoms with Crippen LogP contribution in [0.25, 0.3) is 10.1 Å². The number of rotatable bonds is 5. The Morgan fingerprint density at radius 1 is 1.32 bits per heavy atom. The summed E-state index contributed by atoms with van der Waals surface area (Å²) in [5.74, 6) is -0.0297. The summed E-state index contributed by atoms with van der Waals surface area (Å²) in [6.07, 6.45) is 1.71. The van der Waals surface area contributed by atoms with E-state index in [2.05, 4.69) is 19.2 Å². The van der Waals surface area contributed by atoms with Crippen molar-refractivity contribution >= 4 is 27.3 Å². The van der Waals surface area contributed by atoms with Crippen LogP contribution in [0.3, 0.4) is 0 Å². The summed E-state index contributed by atoms with van der Waals surface area (Å²) in [7, 11) is 0. The third-order valence-corrected chi connectivity index (χ3v) is 4.77.